The van der Waals surface area contributed by atoms with Crippen LogP contribution in [0.1, 0.15) is 34.1 Å². The number of fused-ring (bicyclic) bond motifs is 1. The van der Waals surface area contributed by atoms with E-state index < -0.39 is 0 Å². The molecule has 1 heterocycles. The molecule has 0 saturated heterocycles. The number of carbonyl (C=O) groups is 2. The van der Waals surface area contributed by atoms with Gasteiger partial charge in [0.05, 0.1) is 10.2 Å². The highest BCUT2D eigenvalue weighted by molar-refractivity contribution is 7.22. The molecule has 1 amide bonds. The number of thiazole rings is 1. The molecule has 0 bridgehead atoms. The van der Waals surface area contributed by atoms with E-state index in [-0.39, 0.29) is 17.5 Å². The molecule has 0 atom stereocenters. The van der Waals surface area contributed by atoms with Crippen LogP contribution in [0.3, 0.4) is 0 Å². The van der Waals surface area contributed by atoms with Gasteiger partial charge in [0.25, 0.3) is 5.91 Å². The van der Waals surface area contributed by atoms with Crippen LogP contribution in [-0.4, -0.2) is 48.8 Å². The van der Waals surface area contributed by atoms with Crippen molar-refractivity contribution in [1.29, 1.82) is 0 Å². The highest BCUT2D eigenvalue weighted by atomic mass is 32.1. The molecule has 0 fully saturated rings. The average Bonchev–Trinajstić information content (AvgIpc) is 3.07. The Morgan fingerprint density at radius 3 is 2.36 bits per heavy atom. The summed E-state index contributed by atoms with van der Waals surface area (Å²) in [5, 5.41) is 0.542. The number of aromatic nitrogens is 1. The van der Waals surface area contributed by atoms with E-state index in [0.29, 0.717) is 33.0 Å². The Hall–Kier alpha value is -2.64. The SMILES string of the molecule is CC(=O)c1ccc(C(=O)N(CCCN(C)C)c2nc3ccc(F)cc3s2)cc1. The van der Waals surface area contributed by atoms with Crippen LogP contribution in [0.4, 0.5) is 9.52 Å². The predicted octanol–water partition coefficient (Wildman–Crippen LogP) is 4.24. The minimum atomic E-state index is -0.326. The van der Waals surface area contributed by atoms with Crippen molar-refractivity contribution in [3.05, 3.63) is 59.4 Å². The fraction of sp³-hybridized carbons (Fsp3) is 0.286. The van der Waals surface area contributed by atoms with Crippen molar-refractivity contribution < 1.29 is 14.0 Å². The summed E-state index contributed by atoms with van der Waals surface area (Å²) in [6.45, 7) is 2.81. The third kappa shape index (κ3) is 4.61. The van der Waals surface area contributed by atoms with E-state index in [1.807, 2.05) is 14.1 Å². The molecule has 0 unspecified atom stereocenters. The lowest BCUT2D eigenvalue weighted by Crippen LogP contribution is -2.33. The molecule has 146 valence electrons. The number of hydrogen-bond donors (Lipinski definition) is 0. The topological polar surface area (TPSA) is 53.5 Å². The van der Waals surface area contributed by atoms with E-state index in [1.165, 1.54) is 30.4 Å². The fourth-order valence-corrected chi connectivity index (χ4v) is 3.85. The number of amides is 1. The van der Waals surface area contributed by atoms with E-state index in [4.69, 9.17) is 0 Å². The summed E-state index contributed by atoms with van der Waals surface area (Å²) in [5.74, 6) is -0.559. The highest BCUT2D eigenvalue weighted by Gasteiger charge is 2.21. The van der Waals surface area contributed by atoms with Gasteiger partial charge in [-0.25, -0.2) is 9.37 Å². The Kier molecular flexibility index (Phi) is 6.16. The summed E-state index contributed by atoms with van der Waals surface area (Å²) in [5.41, 5.74) is 1.71. The number of rotatable bonds is 7. The van der Waals surface area contributed by atoms with Gasteiger partial charge in [0, 0.05) is 17.7 Å². The molecule has 28 heavy (non-hydrogen) atoms. The Labute approximate surface area is 167 Å². The number of anilines is 1. The quantitative estimate of drug-likeness (QED) is 0.558. The molecule has 0 aliphatic heterocycles. The molecule has 2 aromatic carbocycles. The molecular weight excluding hydrogens is 377 g/mol. The molecule has 0 spiro atoms. The summed E-state index contributed by atoms with van der Waals surface area (Å²) in [6, 6.07) is 11.0. The second-order valence-electron chi connectivity index (χ2n) is 6.86. The number of ketones is 1. The van der Waals surface area contributed by atoms with Crippen LogP contribution in [-0.2, 0) is 0 Å². The summed E-state index contributed by atoms with van der Waals surface area (Å²) in [7, 11) is 3.96. The first-order chi connectivity index (χ1) is 13.3. The third-order valence-corrected chi connectivity index (χ3v) is 5.38. The molecule has 7 heteroatoms. The van der Waals surface area contributed by atoms with Gasteiger partial charge in [-0.3, -0.25) is 14.5 Å². The molecule has 3 aromatic rings. The summed E-state index contributed by atoms with van der Waals surface area (Å²) in [6.07, 6.45) is 0.772. The van der Waals surface area contributed by atoms with Gasteiger partial charge in [0.2, 0.25) is 0 Å². The highest BCUT2D eigenvalue weighted by Crippen LogP contribution is 2.30. The largest absolute Gasteiger partial charge is 0.309 e. The van der Waals surface area contributed by atoms with Crippen LogP contribution in [0.5, 0.6) is 0 Å². The van der Waals surface area contributed by atoms with Crippen molar-refractivity contribution in [1.82, 2.24) is 9.88 Å². The van der Waals surface area contributed by atoms with Crippen molar-refractivity contribution in [2.75, 3.05) is 32.1 Å². The van der Waals surface area contributed by atoms with Crippen LogP contribution in [0.15, 0.2) is 42.5 Å². The first-order valence-electron chi connectivity index (χ1n) is 8.99. The smallest absolute Gasteiger partial charge is 0.260 e. The van der Waals surface area contributed by atoms with E-state index in [2.05, 4.69) is 9.88 Å². The molecule has 0 saturated carbocycles. The Morgan fingerprint density at radius 2 is 1.71 bits per heavy atom. The molecular formula is C21H22FN3O2S. The summed E-state index contributed by atoms with van der Waals surface area (Å²) < 4.78 is 14.2. The van der Waals surface area contributed by atoms with Crippen LogP contribution in [0.25, 0.3) is 10.2 Å². The zero-order valence-electron chi connectivity index (χ0n) is 16.1. The van der Waals surface area contributed by atoms with Crippen LogP contribution in [0.2, 0.25) is 0 Å². The zero-order valence-corrected chi connectivity index (χ0v) is 16.9. The Balaban J connectivity index is 1.92. The molecule has 3 rings (SSSR count). The average molecular weight is 399 g/mol. The van der Waals surface area contributed by atoms with Crippen molar-refractivity contribution in [3.8, 4) is 0 Å². The maximum absolute atomic E-state index is 13.5. The summed E-state index contributed by atoms with van der Waals surface area (Å²) in [4.78, 5) is 32.9. The summed E-state index contributed by atoms with van der Waals surface area (Å²) >= 11 is 1.30. The lowest BCUT2D eigenvalue weighted by molar-refractivity contribution is 0.0981. The minimum Gasteiger partial charge on any atom is -0.309 e. The van der Waals surface area contributed by atoms with Gasteiger partial charge < -0.3 is 4.90 Å². The molecule has 1 aromatic heterocycles. The molecule has 0 aliphatic carbocycles. The van der Waals surface area contributed by atoms with Gasteiger partial charge in [0.15, 0.2) is 10.9 Å². The number of nitrogens with zero attached hydrogens (tertiary/aromatic N) is 3. The van der Waals surface area contributed by atoms with Crippen molar-refractivity contribution in [3.63, 3.8) is 0 Å². The van der Waals surface area contributed by atoms with E-state index in [9.17, 15) is 14.0 Å². The number of benzene rings is 2. The minimum absolute atomic E-state index is 0.0463. The van der Waals surface area contributed by atoms with E-state index in [1.54, 1.807) is 35.2 Å². The normalized spacial score (nSPS) is 11.2. The van der Waals surface area contributed by atoms with Gasteiger partial charge in [0.1, 0.15) is 5.82 Å². The first kappa shape index (κ1) is 20.1. The standard InChI is InChI=1S/C21H22FN3O2S/c1-14(26)15-5-7-16(8-6-15)20(27)25(12-4-11-24(2)3)21-23-18-10-9-17(22)13-19(18)28-21/h5-10,13H,4,11-12H2,1-3H3. The number of Topliss-reactive ketones (excluding diaryl/α,β-unsaturated/α-hetero) is 1. The lowest BCUT2D eigenvalue weighted by atomic mass is 10.1. The molecule has 0 N–H and O–H groups in total. The predicted molar refractivity (Wildman–Crippen MR) is 111 cm³/mol. The van der Waals surface area contributed by atoms with E-state index in [0.717, 1.165) is 13.0 Å². The zero-order chi connectivity index (χ0) is 20.3. The Bertz CT molecular complexity index is 999. The monoisotopic (exact) mass is 399 g/mol. The van der Waals surface area contributed by atoms with Gasteiger partial charge in [-0.05, 0) is 64.3 Å². The van der Waals surface area contributed by atoms with Gasteiger partial charge >= 0.3 is 0 Å². The van der Waals surface area contributed by atoms with Crippen molar-refractivity contribution in [2.45, 2.75) is 13.3 Å². The van der Waals surface area contributed by atoms with Crippen LogP contribution in [0, 0.1) is 5.82 Å². The molecule has 0 radical (unpaired) electrons. The third-order valence-electron chi connectivity index (χ3n) is 4.34. The fourth-order valence-electron chi connectivity index (χ4n) is 2.83. The first-order valence-corrected chi connectivity index (χ1v) is 9.80. The van der Waals surface area contributed by atoms with Gasteiger partial charge in [-0.15, -0.1) is 0 Å². The van der Waals surface area contributed by atoms with Crippen molar-refractivity contribution >= 4 is 38.4 Å². The maximum atomic E-state index is 13.5. The molecule has 0 aliphatic rings. The maximum Gasteiger partial charge on any atom is 0.260 e. The molecule has 5 nitrogen and oxygen atoms in total. The number of halogens is 1. The number of hydrogen-bond acceptors (Lipinski definition) is 5. The van der Waals surface area contributed by atoms with Crippen LogP contribution >= 0.6 is 11.3 Å². The Morgan fingerprint density at radius 1 is 1.04 bits per heavy atom. The van der Waals surface area contributed by atoms with Gasteiger partial charge in [-0.2, -0.15) is 0 Å². The lowest BCUT2D eigenvalue weighted by Gasteiger charge is -2.21. The van der Waals surface area contributed by atoms with Gasteiger partial charge in [-0.1, -0.05) is 23.5 Å². The van der Waals surface area contributed by atoms with E-state index >= 15 is 0 Å². The van der Waals surface area contributed by atoms with Crippen molar-refractivity contribution in [2.24, 2.45) is 0 Å². The second kappa shape index (κ2) is 8.58. The number of carbonyl (C=O) groups excluding carboxylic acids is 2. The van der Waals surface area contributed by atoms with Crippen LogP contribution < -0.4 is 4.90 Å². The second-order valence-corrected chi connectivity index (χ2v) is 7.86.